The molecule has 1 saturated heterocycles. The quantitative estimate of drug-likeness (QED) is 0.486. The van der Waals surface area contributed by atoms with Gasteiger partial charge in [-0.2, -0.15) is 4.99 Å². The van der Waals surface area contributed by atoms with Gasteiger partial charge in [0.15, 0.2) is 14.6 Å². The maximum atomic E-state index is 12.6. The first-order chi connectivity index (χ1) is 16.6. The molecule has 0 bridgehead atoms. The molecular formula is C22H27N3O8S2. The Hall–Kier alpha value is -3.06. The standard InChI is InChI=1S/C22H27N3O8S2/c1-32-20(28)12-25-16-8-7-15(21(29)33-2)11-17(16)34-22(25)23-18(26)13-35(30,31)14-19(27)24-9-5-3-4-6-10-24/h7-8,11H,3-6,9-10,12-14H2,1-2H3. The summed E-state index contributed by atoms with van der Waals surface area (Å²) in [6.45, 7) is 0.742. The van der Waals surface area contributed by atoms with Crippen molar-refractivity contribution >= 4 is 55.1 Å². The molecule has 0 spiro atoms. The van der Waals surface area contributed by atoms with E-state index in [1.165, 1.54) is 35.8 Å². The van der Waals surface area contributed by atoms with E-state index in [9.17, 15) is 27.6 Å². The summed E-state index contributed by atoms with van der Waals surface area (Å²) in [5.41, 5.74) is 0.762. The number of aromatic nitrogens is 1. The molecule has 13 heteroatoms. The van der Waals surface area contributed by atoms with Crippen LogP contribution in [-0.4, -0.2) is 80.5 Å². The minimum atomic E-state index is -4.05. The third kappa shape index (κ3) is 6.98. The van der Waals surface area contributed by atoms with Gasteiger partial charge >= 0.3 is 11.9 Å². The van der Waals surface area contributed by atoms with E-state index in [2.05, 4.69) is 4.99 Å². The average molecular weight is 526 g/mol. The molecule has 11 nitrogen and oxygen atoms in total. The van der Waals surface area contributed by atoms with Crippen molar-refractivity contribution in [1.29, 1.82) is 0 Å². The first kappa shape index (κ1) is 26.5. The fraction of sp³-hybridized carbons (Fsp3) is 0.500. The van der Waals surface area contributed by atoms with Crippen LogP contribution in [0.2, 0.25) is 0 Å². The molecule has 0 radical (unpaired) electrons. The van der Waals surface area contributed by atoms with Gasteiger partial charge in [0.25, 0.3) is 5.91 Å². The van der Waals surface area contributed by atoms with Crippen LogP contribution in [-0.2, 0) is 40.2 Å². The molecule has 1 aliphatic rings. The molecule has 0 N–H and O–H groups in total. The minimum Gasteiger partial charge on any atom is -0.468 e. The SMILES string of the molecule is COC(=O)Cn1c(=NC(=O)CS(=O)(=O)CC(=O)N2CCCCCC2)sc2cc(C(=O)OC)ccc21. The summed E-state index contributed by atoms with van der Waals surface area (Å²) >= 11 is 1.00. The molecule has 0 aliphatic carbocycles. The molecule has 1 aliphatic heterocycles. The molecule has 35 heavy (non-hydrogen) atoms. The summed E-state index contributed by atoms with van der Waals surface area (Å²) in [5.74, 6) is -4.34. The predicted molar refractivity (Wildman–Crippen MR) is 127 cm³/mol. The zero-order chi connectivity index (χ0) is 25.6. The number of fused-ring (bicyclic) bond motifs is 1. The van der Waals surface area contributed by atoms with Crippen molar-refractivity contribution in [2.24, 2.45) is 4.99 Å². The van der Waals surface area contributed by atoms with Gasteiger partial charge in [-0.25, -0.2) is 13.2 Å². The largest absolute Gasteiger partial charge is 0.468 e. The van der Waals surface area contributed by atoms with E-state index in [4.69, 9.17) is 9.47 Å². The third-order valence-electron chi connectivity index (χ3n) is 5.48. The Balaban J connectivity index is 1.86. The van der Waals surface area contributed by atoms with Gasteiger partial charge in [0.05, 0.1) is 30.0 Å². The highest BCUT2D eigenvalue weighted by Crippen LogP contribution is 2.20. The number of rotatable bonds is 7. The summed E-state index contributed by atoms with van der Waals surface area (Å²) in [6.07, 6.45) is 3.64. The van der Waals surface area contributed by atoms with E-state index in [-0.39, 0.29) is 16.9 Å². The van der Waals surface area contributed by atoms with Crippen LogP contribution in [0, 0.1) is 0 Å². The number of thiazole rings is 1. The average Bonchev–Trinajstić information content (AvgIpc) is 2.97. The lowest BCUT2D eigenvalue weighted by atomic mass is 10.2. The Morgan fingerprint density at radius 2 is 1.69 bits per heavy atom. The van der Waals surface area contributed by atoms with Crippen LogP contribution in [0.4, 0.5) is 0 Å². The highest BCUT2D eigenvalue weighted by Gasteiger charge is 2.25. The monoisotopic (exact) mass is 525 g/mol. The van der Waals surface area contributed by atoms with Gasteiger partial charge in [-0.3, -0.25) is 14.4 Å². The summed E-state index contributed by atoms with van der Waals surface area (Å²) in [6, 6.07) is 4.60. The van der Waals surface area contributed by atoms with Crippen molar-refractivity contribution in [3.05, 3.63) is 28.6 Å². The van der Waals surface area contributed by atoms with Crippen LogP contribution < -0.4 is 4.80 Å². The van der Waals surface area contributed by atoms with E-state index >= 15 is 0 Å². The van der Waals surface area contributed by atoms with Crippen LogP contribution in [0.1, 0.15) is 36.0 Å². The Labute approximate surface area is 206 Å². The minimum absolute atomic E-state index is 0.0615. The maximum Gasteiger partial charge on any atom is 0.337 e. The number of hydrogen-bond acceptors (Lipinski definition) is 9. The molecule has 0 unspecified atom stereocenters. The second kappa shape index (κ2) is 11.6. The number of hydrogen-bond donors (Lipinski definition) is 0. The van der Waals surface area contributed by atoms with Crippen LogP contribution in [0.15, 0.2) is 23.2 Å². The molecule has 2 amide bonds. The lowest BCUT2D eigenvalue weighted by Crippen LogP contribution is -2.37. The number of likely N-dealkylation sites (tertiary alicyclic amines) is 1. The number of carbonyl (C=O) groups is 4. The molecular weight excluding hydrogens is 498 g/mol. The van der Waals surface area contributed by atoms with Gasteiger partial charge in [0, 0.05) is 13.1 Å². The van der Waals surface area contributed by atoms with Gasteiger partial charge < -0.3 is 18.9 Å². The number of esters is 2. The molecule has 3 rings (SSSR count). The summed E-state index contributed by atoms with van der Waals surface area (Å²) in [5, 5.41) is 0. The predicted octanol–water partition coefficient (Wildman–Crippen LogP) is 0.907. The molecule has 0 atom stereocenters. The molecule has 0 saturated carbocycles. The number of amides is 2. The van der Waals surface area contributed by atoms with Crippen LogP contribution in [0.3, 0.4) is 0 Å². The lowest BCUT2D eigenvalue weighted by Gasteiger charge is -2.19. The van der Waals surface area contributed by atoms with Gasteiger partial charge in [0.2, 0.25) is 5.91 Å². The number of nitrogens with zero attached hydrogens (tertiary/aromatic N) is 3. The third-order valence-corrected chi connectivity index (χ3v) is 7.90. The zero-order valence-corrected chi connectivity index (χ0v) is 21.2. The highest BCUT2D eigenvalue weighted by atomic mass is 32.2. The van der Waals surface area contributed by atoms with Crippen molar-refractivity contribution in [3.63, 3.8) is 0 Å². The molecule has 1 fully saturated rings. The summed E-state index contributed by atoms with van der Waals surface area (Å²) in [4.78, 5) is 54.3. The van der Waals surface area contributed by atoms with Crippen LogP contribution in [0.5, 0.6) is 0 Å². The number of benzene rings is 1. The number of methoxy groups -OCH3 is 2. The maximum absolute atomic E-state index is 12.6. The summed E-state index contributed by atoms with van der Waals surface area (Å²) < 4.78 is 36.5. The Morgan fingerprint density at radius 1 is 1.00 bits per heavy atom. The second-order valence-corrected chi connectivity index (χ2v) is 11.1. The lowest BCUT2D eigenvalue weighted by molar-refractivity contribution is -0.141. The van der Waals surface area contributed by atoms with E-state index in [0.29, 0.717) is 23.3 Å². The first-order valence-corrected chi connectivity index (χ1v) is 13.6. The molecule has 2 aromatic rings. The normalized spacial score (nSPS) is 15.0. The molecule has 1 aromatic carbocycles. The fourth-order valence-corrected chi connectivity index (χ4v) is 5.92. The number of carbonyl (C=O) groups excluding carboxylic acids is 4. The molecule has 2 heterocycles. The van der Waals surface area contributed by atoms with Crippen molar-refractivity contribution in [3.8, 4) is 0 Å². The highest BCUT2D eigenvalue weighted by molar-refractivity contribution is 7.92. The van der Waals surface area contributed by atoms with Crippen LogP contribution >= 0.6 is 11.3 Å². The Bertz CT molecular complexity index is 1300. The van der Waals surface area contributed by atoms with E-state index in [1.54, 1.807) is 6.07 Å². The van der Waals surface area contributed by atoms with Crippen molar-refractivity contribution < 1.29 is 37.1 Å². The topological polar surface area (TPSA) is 141 Å². The fourth-order valence-electron chi connectivity index (χ4n) is 3.73. The van der Waals surface area contributed by atoms with E-state index in [0.717, 1.165) is 37.0 Å². The Kier molecular flexibility index (Phi) is 8.78. The second-order valence-electron chi connectivity index (χ2n) is 8.05. The van der Waals surface area contributed by atoms with Gasteiger partial charge in [0.1, 0.15) is 18.1 Å². The van der Waals surface area contributed by atoms with Crippen LogP contribution in [0.25, 0.3) is 10.2 Å². The zero-order valence-electron chi connectivity index (χ0n) is 19.5. The number of sulfone groups is 1. The molecule has 190 valence electrons. The van der Waals surface area contributed by atoms with Gasteiger partial charge in [-0.05, 0) is 31.0 Å². The van der Waals surface area contributed by atoms with E-state index < -0.39 is 45.1 Å². The van der Waals surface area contributed by atoms with Gasteiger partial charge in [-0.15, -0.1) is 0 Å². The molecule has 1 aromatic heterocycles. The first-order valence-electron chi connectivity index (χ1n) is 11.0. The Morgan fingerprint density at radius 3 is 2.31 bits per heavy atom. The van der Waals surface area contributed by atoms with E-state index in [1.807, 2.05) is 0 Å². The smallest absolute Gasteiger partial charge is 0.337 e. The van der Waals surface area contributed by atoms with Crippen molar-refractivity contribution in [2.45, 2.75) is 32.2 Å². The number of ether oxygens (including phenoxy) is 2. The summed E-state index contributed by atoms with van der Waals surface area (Å²) in [7, 11) is -1.59. The van der Waals surface area contributed by atoms with Crippen molar-refractivity contribution in [2.75, 3.05) is 38.8 Å². The van der Waals surface area contributed by atoms with Crippen molar-refractivity contribution in [1.82, 2.24) is 9.47 Å². The van der Waals surface area contributed by atoms with Gasteiger partial charge in [-0.1, -0.05) is 24.2 Å².